The molecule has 1 heterocycles. The van der Waals surface area contributed by atoms with Crippen LogP contribution in [0.1, 0.15) is 6.92 Å². The quantitative estimate of drug-likeness (QED) is 0.594. The fourth-order valence-electron chi connectivity index (χ4n) is 0.834. The zero-order valence-electron chi connectivity index (χ0n) is 6.31. The number of allylic oxidation sites excluding steroid dienone is 1. The molecule has 0 fully saturated rings. The minimum Gasteiger partial charge on any atom is -0.387 e. The lowest BCUT2D eigenvalue weighted by Crippen LogP contribution is -2.19. The van der Waals surface area contributed by atoms with E-state index in [1.165, 1.54) is 0 Å². The molecular weight excluding hydrogens is 126 g/mol. The van der Waals surface area contributed by atoms with Crippen LogP contribution in [-0.4, -0.2) is 25.1 Å². The van der Waals surface area contributed by atoms with Crippen molar-refractivity contribution < 1.29 is 0 Å². The molecule has 0 aliphatic carbocycles. The van der Waals surface area contributed by atoms with Gasteiger partial charge >= 0.3 is 0 Å². The predicted octanol–water partition coefficient (Wildman–Crippen LogP) is 0.593. The molecule has 3 nitrogen and oxygen atoms in total. The first kappa shape index (κ1) is 6.99. The van der Waals surface area contributed by atoms with Crippen molar-refractivity contribution in [1.29, 1.82) is 0 Å². The first-order chi connectivity index (χ1) is 4.75. The van der Waals surface area contributed by atoms with Crippen molar-refractivity contribution in [2.75, 3.05) is 13.7 Å². The maximum atomic E-state index is 4.14. The Morgan fingerprint density at radius 1 is 1.60 bits per heavy atom. The van der Waals surface area contributed by atoms with Crippen molar-refractivity contribution >= 4 is 11.4 Å². The maximum absolute atomic E-state index is 4.14. The fourth-order valence-corrected chi connectivity index (χ4v) is 0.834. The van der Waals surface area contributed by atoms with Crippen LogP contribution >= 0.6 is 0 Å². The van der Waals surface area contributed by atoms with Crippen LogP contribution < -0.4 is 5.32 Å². The minimum atomic E-state index is 0.557. The van der Waals surface area contributed by atoms with Gasteiger partial charge in [0.1, 0.15) is 12.4 Å². The SMILES string of the molecule is C=C(NC)C1=NCN=C1C. The largest absolute Gasteiger partial charge is 0.387 e. The summed E-state index contributed by atoms with van der Waals surface area (Å²) in [6.45, 7) is 6.28. The van der Waals surface area contributed by atoms with E-state index in [2.05, 4.69) is 21.9 Å². The second-order valence-corrected chi connectivity index (χ2v) is 2.12. The molecule has 3 heteroatoms. The summed E-state index contributed by atoms with van der Waals surface area (Å²) in [7, 11) is 1.83. The molecule has 1 aliphatic heterocycles. The summed E-state index contributed by atoms with van der Waals surface area (Å²) in [5, 5.41) is 2.93. The molecule has 10 heavy (non-hydrogen) atoms. The molecule has 0 unspecified atom stereocenters. The molecule has 0 bridgehead atoms. The Morgan fingerprint density at radius 3 is 2.70 bits per heavy atom. The minimum absolute atomic E-state index is 0.557. The Balaban J connectivity index is 2.75. The van der Waals surface area contributed by atoms with E-state index in [4.69, 9.17) is 0 Å². The van der Waals surface area contributed by atoms with E-state index in [9.17, 15) is 0 Å². The molecular formula is C7H11N3. The zero-order valence-corrected chi connectivity index (χ0v) is 6.31. The van der Waals surface area contributed by atoms with Gasteiger partial charge in [0.25, 0.3) is 0 Å². The Bertz CT molecular complexity index is 213. The monoisotopic (exact) mass is 137 g/mol. The van der Waals surface area contributed by atoms with E-state index < -0.39 is 0 Å². The maximum Gasteiger partial charge on any atom is 0.130 e. The Kier molecular flexibility index (Phi) is 1.85. The van der Waals surface area contributed by atoms with Crippen LogP contribution in [0.5, 0.6) is 0 Å². The molecule has 1 N–H and O–H groups in total. The molecule has 0 aromatic rings. The highest BCUT2D eigenvalue weighted by Crippen LogP contribution is 2.00. The number of rotatable bonds is 2. The average molecular weight is 137 g/mol. The Hall–Kier alpha value is -1.12. The summed E-state index contributed by atoms with van der Waals surface area (Å²) in [6, 6.07) is 0. The molecule has 1 rings (SSSR count). The summed E-state index contributed by atoms with van der Waals surface area (Å²) in [6.07, 6.45) is 0. The molecule has 0 atom stereocenters. The van der Waals surface area contributed by atoms with Crippen LogP contribution in [0.2, 0.25) is 0 Å². The van der Waals surface area contributed by atoms with Gasteiger partial charge in [0.2, 0.25) is 0 Å². The van der Waals surface area contributed by atoms with Crippen molar-refractivity contribution in [2.24, 2.45) is 9.98 Å². The molecule has 0 aromatic heterocycles. The van der Waals surface area contributed by atoms with Gasteiger partial charge in [-0.15, -0.1) is 0 Å². The predicted molar refractivity (Wildman–Crippen MR) is 43.6 cm³/mol. The van der Waals surface area contributed by atoms with Gasteiger partial charge in [-0.05, 0) is 6.92 Å². The highest BCUT2D eigenvalue weighted by molar-refractivity contribution is 6.48. The smallest absolute Gasteiger partial charge is 0.130 e. The summed E-state index contributed by atoms with van der Waals surface area (Å²) in [5.74, 6) is 0. The van der Waals surface area contributed by atoms with Crippen LogP contribution in [0, 0.1) is 0 Å². The van der Waals surface area contributed by atoms with E-state index >= 15 is 0 Å². The van der Waals surface area contributed by atoms with Crippen molar-refractivity contribution in [3.8, 4) is 0 Å². The summed E-state index contributed by atoms with van der Waals surface area (Å²) in [5.41, 5.74) is 2.72. The molecule has 1 aliphatic rings. The summed E-state index contributed by atoms with van der Waals surface area (Å²) in [4.78, 5) is 8.24. The third kappa shape index (κ3) is 1.07. The Morgan fingerprint density at radius 2 is 2.30 bits per heavy atom. The second-order valence-electron chi connectivity index (χ2n) is 2.12. The highest BCUT2D eigenvalue weighted by Gasteiger charge is 2.10. The third-order valence-corrected chi connectivity index (χ3v) is 1.47. The van der Waals surface area contributed by atoms with E-state index in [0.29, 0.717) is 6.67 Å². The lowest BCUT2D eigenvalue weighted by molar-refractivity contribution is 1.05. The Labute approximate surface area is 60.6 Å². The topological polar surface area (TPSA) is 36.8 Å². The molecule has 0 spiro atoms. The van der Waals surface area contributed by atoms with Crippen molar-refractivity contribution in [3.63, 3.8) is 0 Å². The van der Waals surface area contributed by atoms with Crippen molar-refractivity contribution in [1.82, 2.24) is 5.32 Å². The highest BCUT2D eigenvalue weighted by atomic mass is 15.0. The molecule has 54 valence electrons. The van der Waals surface area contributed by atoms with E-state index in [-0.39, 0.29) is 0 Å². The first-order valence-corrected chi connectivity index (χ1v) is 3.18. The van der Waals surface area contributed by atoms with Gasteiger partial charge in [-0.2, -0.15) is 0 Å². The van der Waals surface area contributed by atoms with Crippen molar-refractivity contribution in [2.45, 2.75) is 6.92 Å². The van der Waals surface area contributed by atoms with Crippen LogP contribution in [0.3, 0.4) is 0 Å². The van der Waals surface area contributed by atoms with Gasteiger partial charge in [0, 0.05) is 7.05 Å². The lowest BCUT2D eigenvalue weighted by Gasteiger charge is -2.02. The fraction of sp³-hybridized carbons (Fsp3) is 0.429. The number of hydrogen-bond donors (Lipinski definition) is 1. The number of aliphatic imine (C=N–C) groups is 2. The zero-order chi connectivity index (χ0) is 7.56. The number of nitrogens with zero attached hydrogens (tertiary/aromatic N) is 2. The number of nitrogens with one attached hydrogen (secondary N) is 1. The van der Waals surface area contributed by atoms with Crippen LogP contribution in [0.15, 0.2) is 22.3 Å². The van der Waals surface area contributed by atoms with Gasteiger partial charge in [0.15, 0.2) is 0 Å². The summed E-state index contributed by atoms with van der Waals surface area (Å²) >= 11 is 0. The second kappa shape index (κ2) is 2.64. The third-order valence-electron chi connectivity index (χ3n) is 1.47. The van der Waals surface area contributed by atoms with Crippen LogP contribution in [0.25, 0.3) is 0 Å². The average Bonchev–Trinajstić information content (AvgIpc) is 2.34. The van der Waals surface area contributed by atoms with Gasteiger partial charge in [-0.1, -0.05) is 6.58 Å². The first-order valence-electron chi connectivity index (χ1n) is 3.18. The van der Waals surface area contributed by atoms with Crippen molar-refractivity contribution in [3.05, 3.63) is 12.3 Å². The van der Waals surface area contributed by atoms with Gasteiger partial charge in [0.05, 0.1) is 11.4 Å². The molecule has 0 saturated heterocycles. The number of hydrogen-bond acceptors (Lipinski definition) is 3. The molecule has 0 saturated carbocycles. The van der Waals surface area contributed by atoms with E-state index in [1.54, 1.807) is 0 Å². The van der Waals surface area contributed by atoms with Gasteiger partial charge < -0.3 is 5.32 Å². The van der Waals surface area contributed by atoms with E-state index in [1.807, 2.05) is 14.0 Å². The van der Waals surface area contributed by atoms with Gasteiger partial charge in [-0.3, -0.25) is 9.98 Å². The molecule has 0 amide bonds. The van der Waals surface area contributed by atoms with Gasteiger partial charge in [-0.25, -0.2) is 0 Å². The van der Waals surface area contributed by atoms with Crippen LogP contribution in [-0.2, 0) is 0 Å². The summed E-state index contributed by atoms with van der Waals surface area (Å²) < 4.78 is 0. The molecule has 0 aromatic carbocycles. The standard InChI is InChI=1S/C7H11N3/c1-5(8-3)7-6(2)9-4-10-7/h8H,1,4H2,2-3H3. The van der Waals surface area contributed by atoms with E-state index in [0.717, 1.165) is 17.1 Å². The van der Waals surface area contributed by atoms with Crippen LogP contribution in [0.4, 0.5) is 0 Å². The normalized spacial score (nSPS) is 16.2. The lowest BCUT2D eigenvalue weighted by atomic mass is 10.2. The molecule has 0 radical (unpaired) electrons.